The Kier molecular flexibility index (Phi) is 4.19. The molecule has 1 aromatic heterocycles. The molecule has 0 fully saturated rings. The van der Waals surface area contributed by atoms with Crippen LogP contribution in [0.2, 0.25) is 0 Å². The number of aromatic nitrogens is 2. The van der Waals surface area contributed by atoms with Crippen molar-refractivity contribution in [3.8, 4) is 6.07 Å². The Labute approximate surface area is 88.1 Å². The zero-order valence-corrected chi connectivity index (χ0v) is 8.65. The van der Waals surface area contributed by atoms with Crippen LogP contribution < -0.4 is 10.9 Å². The van der Waals surface area contributed by atoms with Gasteiger partial charge in [-0.3, -0.25) is 0 Å². The molecule has 0 aromatic carbocycles. The van der Waals surface area contributed by atoms with Crippen molar-refractivity contribution in [1.29, 1.82) is 5.26 Å². The van der Waals surface area contributed by atoms with Crippen LogP contribution >= 0.6 is 0 Å². The molecule has 0 spiro atoms. The lowest BCUT2D eigenvalue weighted by atomic mass is 10.4. The highest BCUT2D eigenvalue weighted by Crippen LogP contribution is 2.05. The molecule has 0 saturated carbocycles. The molecule has 0 aliphatic rings. The number of hydrazine groups is 1. The van der Waals surface area contributed by atoms with E-state index in [1.807, 2.05) is 13.0 Å². The van der Waals surface area contributed by atoms with Crippen LogP contribution in [0.25, 0.3) is 0 Å². The number of hydrogen-bond acceptors (Lipinski definition) is 5. The number of nitrogens with one attached hydrogen (secondary N) is 2. The van der Waals surface area contributed by atoms with E-state index in [4.69, 9.17) is 5.26 Å². The molecule has 0 saturated heterocycles. The summed E-state index contributed by atoms with van der Waals surface area (Å²) in [6, 6.07) is 1.90. The zero-order valence-electron chi connectivity index (χ0n) is 8.65. The Balaban J connectivity index is 2.83. The van der Waals surface area contributed by atoms with Gasteiger partial charge in [-0.2, -0.15) is 5.26 Å². The van der Waals surface area contributed by atoms with E-state index in [9.17, 15) is 0 Å². The average molecular weight is 204 g/mol. The molecule has 0 amide bonds. The SMILES string of the molecule is CCC(=Nc1cnc(C#N)cn1)NNC. The predicted molar refractivity (Wildman–Crippen MR) is 56.3 cm³/mol. The first-order valence-electron chi connectivity index (χ1n) is 4.52. The Bertz CT molecular complexity index is 375. The lowest BCUT2D eigenvalue weighted by molar-refractivity contribution is 0.754. The van der Waals surface area contributed by atoms with Crippen molar-refractivity contribution < 1.29 is 0 Å². The van der Waals surface area contributed by atoms with Crippen LogP contribution in [0.15, 0.2) is 17.4 Å². The first-order valence-corrected chi connectivity index (χ1v) is 4.52. The molecule has 0 radical (unpaired) electrons. The predicted octanol–water partition coefficient (Wildman–Crippen LogP) is 0.512. The fourth-order valence-corrected chi connectivity index (χ4v) is 0.915. The van der Waals surface area contributed by atoms with Gasteiger partial charge in [-0.05, 0) is 0 Å². The van der Waals surface area contributed by atoms with Crippen LogP contribution in [0, 0.1) is 11.3 Å². The molecule has 1 heterocycles. The number of nitriles is 1. The largest absolute Gasteiger partial charge is 0.310 e. The normalized spacial score (nSPS) is 10.9. The Morgan fingerprint density at radius 2 is 2.33 bits per heavy atom. The first-order chi connectivity index (χ1) is 7.30. The van der Waals surface area contributed by atoms with Crippen LogP contribution in [0.4, 0.5) is 5.82 Å². The molecule has 6 heteroatoms. The van der Waals surface area contributed by atoms with Crippen LogP contribution in [0.1, 0.15) is 19.0 Å². The fraction of sp³-hybridized carbons (Fsp3) is 0.333. The maximum absolute atomic E-state index is 8.53. The number of amidine groups is 1. The van der Waals surface area contributed by atoms with Gasteiger partial charge >= 0.3 is 0 Å². The summed E-state index contributed by atoms with van der Waals surface area (Å²) in [7, 11) is 1.76. The Morgan fingerprint density at radius 3 is 2.80 bits per heavy atom. The molecule has 6 nitrogen and oxygen atoms in total. The Morgan fingerprint density at radius 1 is 1.53 bits per heavy atom. The monoisotopic (exact) mass is 204 g/mol. The lowest BCUT2D eigenvalue weighted by Gasteiger charge is -2.04. The number of aliphatic imine (C=N–C) groups is 1. The topological polar surface area (TPSA) is 86.0 Å². The van der Waals surface area contributed by atoms with Gasteiger partial charge in [0.25, 0.3) is 0 Å². The summed E-state index contributed by atoms with van der Waals surface area (Å²) in [6.07, 6.45) is 3.61. The van der Waals surface area contributed by atoms with Gasteiger partial charge in [0.15, 0.2) is 11.5 Å². The first kappa shape index (κ1) is 11.1. The summed E-state index contributed by atoms with van der Waals surface area (Å²) >= 11 is 0. The van der Waals surface area contributed by atoms with Gasteiger partial charge in [0.2, 0.25) is 0 Å². The zero-order chi connectivity index (χ0) is 11.1. The summed E-state index contributed by atoms with van der Waals surface area (Å²) in [5, 5.41) is 8.53. The second-order valence-corrected chi connectivity index (χ2v) is 2.66. The number of hydrogen-bond donors (Lipinski definition) is 2. The fourth-order valence-electron chi connectivity index (χ4n) is 0.915. The summed E-state index contributed by atoms with van der Waals surface area (Å²) in [4.78, 5) is 12.0. The third-order valence-electron chi connectivity index (χ3n) is 1.61. The highest BCUT2D eigenvalue weighted by atomic mass is 15.4. The van der Waals surface area contributed by atoms with E-state index >= 15 is 0 Å². The van der Waals surface area contributed by atoms with Crippen molar-refractivity contribution in [2.75, 3.05) is 7.05 Å². The van der Waals surface area contributed by atoms with Gasteiger partial charge in [-0.1, -0.05) is 6.92 Å². The second-order valence-electron chi connectivity index (χ2n) is 2.66. The second kappa shape index (κ2) is 5.67. The van der Waals surface area contributed by atoms with Crippen LogP contribution in [-0.2, 0) is 0 Å². The summed E-state index contributed by atoms with van der Waals surface area (Å²) in [5.41, 5.74) is 5.94. The maximum Gasteiger partial charge on any atom is 0.172 e. The third kappa shape index (κ3) is 3.32. The van der Waals surface area contributed by atoms with E-state index in [0.29, 0.717) is 5.82 Å². The van der Waals surface area contributed by atoms with Gasteiger partial charge in [0.05, 0.1) is 12.4 Å². The minimum atomic E-state index is 0.286. The third-order valence-corrected chi connectivity index (χ3v) is 1.61. The minimum absolute atomic E-state index is 0.286. The lowest BCUT2D eigenvalue weighted by Crippen LogP contribution is -2.33. The van der Waals surface area contributed by atoms with Gasteiger partial charge in [-0.25, -0.2) is 20.4 Å². The van der Waals surface area contributed by atoms with Crippen molar-refractivity contribution in [1.82, 2.24) is 20.8 Å². The van der Waals surface area contributed by atoms with E-state index in [-0.39, 0.29) is 5.69 Å². The van der Waals surface area contributed by atoms with E-state index in [1.165, 1.54) is 12.4 Å². The molecular formula is C9H12N6. The molecule has 1 aromatic rings. The molecule has 0 bridgehead atoms. The van der Waals surface area contributed by atoms with Crippen LogP contribution in [0.3, 0.4) is 0 Å². The maximum atomic E-state index is 8.53. The van der Waals surface area contributed by atoms with Gasteiger partial charge in [0, 0.05) is 13.5 Å². The van der Waals surface area contributed by atoms with Crippen molar-refractivity contribution in [2.24, 2.45) is 4.99 Å². The van der Waals surface area contributed by atoms with Gasteiger partial charge in [-0.15, -0.1) is 0 Å². The molecule has 15 heavy (non-hydrogen) atoms. The summed E-state index contributed by atoms with van der Waals surface area (Å²) < 4.78 is 0. The summed E-state index contributed by atoms with van der Waals surface area (Å²) in [5.74, 6) is 1.24. The molecule has 2 N–H and O–H groups in total. The van der Waals surface area contributed by atoms with Crippen LogP contribution in [-0.4, -0.2) is 22.9 Å². The molecule has 0 aliphatic heterocycles. The smallest absolute Gasteiger partial charge is 0.172 e. The van der Waals surface area contributed by atoms with E-state index in [0.717, 1.165) is 12.3 Å². The van der Waals surface area contributed by atoms with Crippen molar-refractivity contribution in [3.05, 3.63) is 18.1 Å². The van der Waals surface area contributed by atoms with E-state index in [1.54, 1.807) is 7.05 Å². The number of nitrogens with zero attached hydrogens (tertiary/aromatic N) is 4. The Hall–Kier alpha value is -2.00. The highest BCUT2D eigenvalue weighted by Gasteiger charge is 1.97. The molecule has 0 atom stereocenters. The molecule has 0 unspecified atom stereocenters. The summed E-state index contributed by atoms with van der Waals surface area (Å²) in [6.45, 7) is 1.97. The van der Waals surface area contributed by atoms with Gasteiger partial charge < -0.3 is 5.43 Å². The van der Waals surface area contributed by atoms with E-state index in [2.05, 4.69) is 25.8 Å². The average Bonchev–Trinajstić information content (AvgIpc) is 2.29. The van der Waals surface area contributed by atoms with Gasteiger partial charge in [0.1, 0.15) is 11.9 Å². The quantitative estimate of drug-likeness (QED) is 0.425. The highest BCUT2D eigenvalue weighted by molar-refractivity contribution is 5.83. The van der Waals surface area contributed by atoms with Crippen molar-refractivity contribution in [2.45, 2.75) is 13.3 Å². The molecular weight excluding hydrogens is 192 g/mol. The molecule has 1 rings (SSSR count). The minimum Gasteiger partial charge on any atom is -0.310 e. The van der Waals surface area contributed by atoms with Crippen molar-refractivity contribution in [3.63, 3.8) is 0 Å². The molecule has 0 aliphatic carbocycles. The standard InChI is InChI=1S/C9H12N6/c1-3-8(15-11-2)14-9-6-12-7(4-10)5-13-9/h5-6,11H,3H2,1-2H3,(H,13,14,15). The number of rotatable bonds is 3. The van der Waals surface area contributed by atoms with Crippen molar-refractivity contribution >= 4 is 11.7 Å². The van der Waals surface area contributed by atoms with E-state index < -0.39 is 0 Å². The molecule has 78 valence electrons. The van der Waals surface area contributed by atoms with Crippen LogP contribution in [0.5, 0.6) is 0 Å².